The van der Waals surface area contributed by atoms with Crippen molar-refractivity contribution in [2.75, 3.05) is 18.5 Å². The molecule has 1 fully saturated rings. The number of imide groups is 1. The van der Waals surface area contributed by atoms with E-state index in [1.54, 1.807) is 42.5 Å². The number of nitrogens with one attached hydrogen (secondary N) is 1. The first-order chi connectivity index (χ1) is 15.4. The smallest absolute Gasteiger partial charge is 0.303 e. The maximum Gasteiger partial charge on any atom is 0.303 e. The third-order valence-corrected chi connectivity index (χ3v) is 5.29. The van der Waals surface area contributed by atoms with Crippen LogP contribution in [-0.2, 0) is 14.3 Å². The Morgan fingerprint density at radius 3 is 2.44 bits per heavy atom. The second-order valence-electron chi connectivity index (χ2n) is 7.63. The van der Waals surface area contributed by atoms with E-state index >= 15 is 0 Å². The first kappa shape index (κ1) is 21.5. The largest absolute Gasteiger partial charge is 0.481 e. The Bertz CT molecular complexity index is 1060. The Kier molecular flexibility index (Phi) is 6.18. The van der Waals surface area contributed by atoms with Gasteiger partial charge >= 0.3 is 5.97 Å². The molecule has 0 bridgehead atoms. The maximum absolute atomic E-state index is 12.8. The van der Waals surface area contributed by atoms with Crippen molar-refractivity contribution in [3.05, 3.63) is 53.6 Å². The van der Waals surface area contributed by atoms with Gasteiger partial charge in [-0.05, 0) is 55.3 Å². The molecule has 2 N–H and O–H groups in total. The fraction of sp³-hybridized carbons (Fsp3) is 0.304. The molecule has 2 aromatic carbocycles. The van der Waals surface area contributed by atoms with Crippen molar-refractivity contribution in [3.63, 3.8) is 0 Å². The molecule has 2 heterocycles. The predicted molar refractivity (Wildman–Crippen MR) is 113 cm³/mol. The summed E-state index contributed by atoms with van der Waals surface area (Å²) in [5.74, 6) is -1.23. The van der Waals surface area contributed by atoms with E-state index in [-0.39, 0.29) is 37.3 Å². The standard InChI is InChI=1S/C23H22N2O7/c26-20(9-10-21(27)28)24-14-3-5-15(6-4-14)32-16-7-8-18-19(12-16)23(30)25(22(18)29)13-17-2-1-11-31-17/h3-8,12,17H,1-2,9-11,13H2,(H,24,26)(H,27,28)/t17-/m1/s1. The van der Waals surface area contributed by atoms with Gasteiger partial charge in [0.2, 0.25) is 5.91 Å². The molecule has 2 aliphatic rings. The Balaban J connectivity index is 1.39. The van der Waals surface area contributed by atoms with Crippen LogP contribution in [0.5, 0.6) is 11.5 Å². The molecule has 0 unspecified atom stereocenters. The van der Waals surface area contributed by atoms with Crippen LogP contribution < -0.4 is 10.1 Å². The number of nitrogens with zero attached hydrogens (tertiary/aromatic N) is 1. The molecule has 32 heavy (non-hydrogen) atoms. The first-order valence-electron chi connectivity index (χ1n) is 10.3. The Hall–Kier alpha value is -3.72. The van der Waals surface area contributed by atoms with Gasteiger partial charge in [-0.2, -0.15) is 0 Å². The van der Waals surface area contributed by atoms with Crippen LogP contribution in [0.25, 0.3) is 0 Å². The van der Waals surface area contributed by atoms with Crippen LogP contribution in [0.1, 0.15) is 46.4 Å². The fourth-order valence-electron chi connectivity index (χ4n) is 3.68. The topological polar surface area (TPSA) is 122 Å². The summed E-state index contributed by atoms with van der Waals surface area (Å²) in [4.78, 5) is 48.9. The van der Waals surface area contributed by atoms with Crippen LogP contribution in [0, 0.1) is 0 Å². The first-order valence-corrected chi connectivity index (χ1v) is 10.3. The molecular weight excluding hydrogens is 416 g/mol. The number of carbonyl (C=O) groups excluding carboxylic acids is 3. The molecule has 0 radical (unpaired) electrons. The molecule has 9 nitrogen and oxygen atoms in total. The zero-order valence-electron chi connectivity index (χ0n) is 17.2. The average Bonchev–Trinajstić information content (AvgIpc) is 3.37. The minimum atomic E-state index is -1.03. The number of amides is 3. The van der Waals surface area contributed by atoms with E-state index in [0.717, 1.165) is 12.8 Å². The van der Waals surface area contributed by atoms with Gasteiger partial charge in [-0.15, -0.1) is 0 Å². The minimum Gasteiger partial charge on any atom is -0.481 e. The van der Waals surface area contributed by atoms with Crippen molar-refractivity contribution in [1.29, 1.82) is 0 Å². The number of rotatable bonds is 8. The lowest BCUT2D eigenvalue weighted by Gasteiger charge is -2.17. The van der Waals surface area contributed by atoms with Gasteiger partial charge in [0, 0.05) is 18.7 Å². The normalized spacial score (nSPS) is 17.4. The van der Waals surface area contributed by atoms with Gasteiger partial charge in [-0.1, -0.05) is 0 Å². The van der Waals surface area contributed by atoms with E-state index in [2.05, 4.69) is 5.32 Å². The molecule has 2 aliphatic heterocycles. The predicted octanol–water partition coefficient (Wildman–Crippen LogP) is 3.06. The Morgan fingerprint density at radius 1 is 1.03 bits per heavy atom. The maximum atomic E-state index is 12.8. The van der Waals surface area contributed by atoms with Crippen LogP contribution in [0.3, 0.4) is 0 Å². The van der Waals surface area contributed by atoms with Crippen LogP contribution >= 0.6 is 0 Å². The summed E-state index contributed by atoms with van der Waals surface area (Å²) in [6.07, 6.45) is 1.29. The highest BCUT2D eigenvalue weighted by Gasteiger charge is 2.37. The van der Waals surface area contributed by atoms with E-state index < -0.39 is 11.9 Å². The van der Waals surface area contributed by atoms with Gasteiger partial charge in [-0.3, -0.25) is 24.1 Å². The quantitative estimate of drug-likeness (QED) is 0.607. The lowest BCUT2D eigenvalue weighted by molar-refractivity contribution is -0.138. The molecule has 3 amide bonds. The molecule has 9 heteroatoms. The minimum absolute atomic E-state index is 0.112. The monoisotopic (exact) mass is 438 g/mol. The Labute approximate surface area is 183 Å². The molecular formula is C23H22N2O7. The second-order valence-corrected chi connectivity index (χ2v) is 7.63. The second kappa shape index (κ2) is 9.19. The number of carboxylic acids is 1. The number of fused-ring (bicyclic) bond motifs is 1. The number of benzene rings is 2. The molecule has 0 saturated carbocycles. The molecule has 0 aromatic heterocycles. The summed E-state index contributed by atoms with van der Waals surface area (Å²) in [6, 6.07) is 11.3. The van der Waals surface area contributed by atoms with Gasteiger partial charge in [-0.25, -0.2) is 0 Å². The van der Waals surface area contributed by atoms with E-state index in [0.29, 0.717) is 34.9 Å². The van der Waals surface area contributed by atoms with E-state index in [1.165, 1.54) is 4.90 Å². The summed E-state index contributed by atoms with van der Waals surface area (Å²) in [6.45, 7) is 0.902. The molecule has 0 aliphatic carbocycles. The lowest BCUT2D eigenvalue weighted by Crippen LogP contribution is -2.36. The number of hydrogen-bond donors (Lipinski definition) is 2. The average molecular weight is 438 g/mol. The van der Waals surface area contributed by atoms with Gasteiger partial charge in [0.15, 0.2) is 0 Å². The van der Waals surface area contributed by atoms with Gasteiger partial charge < -0.3 is 19.9 Å². The number of carboxylic acid groups (broad SMARTS) is 1. The molecule has 0 spiro atoms. The van der Waals surface area contributed by atoms with Crippen LogP contribution in [0.2, 0.25) is 0 Å². The summed E-state index contributed by atoms with van der Waals surface area (Å²) in [5.41, 5.74) is 1.15. The van der Waals surface area contributed by atoms with Crippen molar-refractivity contribution >= 4 is 29.4 Å². The third-order valence-electron chi connectivity index (χ3n) is 5.29. The van der Waals surface area contributed by atoms with Crippen LogP contribution in [-0.4, -0.2) is 53.0 Å². The van der Waals surface area contributed by atoms with Gasteiger partial charge in [0.05, 0.1) is 30.2 Å². The third kappa shape index (κ3) is 4.78. The van der Waals surface area contributed by atoms with Crippen molar-refractivity contribution in [2.24, 2.45) is 0 Å². The summed E-state index contributed by atoms with van der Waals surface area (Å²) in [5, 5.41) is 11.2. The number of hydrogen-bond acceptors (Lipinski definition) is 6. The Morgan fingerprint density at radius 2 is 1.75 bits per heavy atom. The number of anilines is 1. The molecule has 166 valence electrons. The molecule has 4 rings (SSSR count). The highest BCUT2D eigenvalue weighted by atomic mass is 16.5. The van der Waals surface area contributed by atoms with Crippen LogP contribution in [0.15, 0.2) is 42.5 Å². The van der Waals surface area contributed by atoms with Crippen molar-refractivity contribution in [1.82, 2.24) is 4.90 Å². The van der Waals surface area contributed by atoms with E-state index in [4.69, 9.17) is 14.6 Å². The highest BCUT2D eigenvalue weighted by molar-refractivity contribution is 6.21. The van der Waals surface area contributed by atoms with Crippen molar-refractivity contribution < 1.29 is 33.8 Å². The van der Waals surface area contributed by atoms with Gasteiger partial charge in [0.25, 0.3) is 11.8 Å². The number of ether oxygens (including phenoxy) is 2. The molecule has 1 saturated heterocycles. The van der Waals surface area contributed by atoms with E-state index in [9.17, 15) is 19.2 Å². The van der Waals surface area contributed by atoms with Crippen molar-refractivity contribution in [2.45, 2.75) is 31.8 Å². The lowest BCUT2D eigenvalue weighted by atomic mass is 10.1. The SMILES string of the molecule is O=C(O)CCC(=O)Nc1ccc(Oc2ccc3c(c2)C(=O)N(C[C@H]2CCCO2)C3=O)cc1. The summed E-state index contributed by atoms with van der Waals surface area (Å²) in [7, 11) is 0. The number of aliphatic carboxylic acids is 1. The molecule has 2 aromatic rings. The van der Waals surface area contributed by atoms with Crippen LogP contribution in [0.4, 0.5) is 5.69 Å². The summed E-state index contributed by atoms with van der Waals surface area (Å²) < 4.78 is 11.3. The van der Waals surface area contributed by atoms with E-state index in [1.807, 2.05) is 0 Å². The summed E-state index contributed by atoms with van der Waals surface area (Å²) >= 11 is 0. The molecule has 1 atom stereocenters. The zero-order chi connectivity index (χ0) is 22.7. The zero-order valence-corrected chi connectivity index (χ0v) is 17.2. The highest BCUT2D eigenvalue weighted by Crippen LogP contribution is 2.30. The van der Waals surface area contributed by atoms with Crippen molar-refractivity contribution in [3.8, 4) is 11.5 Å². The number of carbonyl (C=O) groups is 4. The van der Waals surface area contributed by atoms with Gasteiger partial charge in [0.1, 0.15) is 11.5 Å². The fourth-order valence-corrected chi connectivity index (χ4v) is 3.68.